The highest BCUT2D eigenvalue weighted by atomic mass is 35.5. The van der Waals surface area contributed by atoms with E-state index < -0.39 is 27.5 Å². The topological polar surface area (TPSA) is 106 Å². The highest BCUT2D eigenvalue weighted by Crippen LogP contribution is 2.39. The molecular formula is C20H14Cl2F2N2O5S. The highest BCUT2D eigenvalue weighted by Gasteiger charge is 2.40. The molecule has 0 unspecified atom stereocenters. The van der Waals surface area contributed by atoms with Gasteiger partial charge in [-0.3, -0.25) is 9.71 Å². The highest BCUT2D eigenvalue weighted by molar-refractivity contribution is 7.92. The van der Waals surface area contributed by atoms with Crippen LogP contribution in [-0.2, 0) is 20.7 Å². The molecule has 0 fully saturated rings. The predicted octanol–water partition coefficient (Wildman–Crippen LogP) is 5.04. The van der Waals surface area contributed by atoms with E-state index in [9.17, 15) is 22.0 Å². The first-order chi connectivity index (χ1) is 15.0. The number of hydrogen-bond donors (Lipinski definition) is 2. The zero-order chi connectivity index (χ0) is 23.7. The van der Waals surface area contributed by atoms with Crippen molar-refractivity contribution in [1.29, 1.82) is 0 Å². The van der Waals surface area contributed by atoms with Crippen molar-refractivity contribution in [1.82, 2.24) is 4.98 Å². The van der Waals surface area contributed by atoms with E-state index in [2.05, 4.69) is 9.71 Å². The summed E-state index contributed by atoms with van der Waals surface area (Å²) in [5.74, 6) is -6.17. The zero-order valence-corrected chi connectivity index (χ0v) is 18.5. The van der Waals surface area contributed by atoms with Crippen molar-refractivity contribution < 1.29 is 31.8 Å². The Balaban J connectivity index is 2.07. The Morgan fingerprint density at radius 2 is 1.78 bits per heavy atom. The van der Waals surface area contributed by atoms with Crippen LogP contribution in [0.4, 0.5) is 14.5 Å². The number of carboxylic acid groups (broad SMARTS) is 1. The lowest BCUT2D eigenvalue weighted by atomic mass is 10.00. The first-order valence-electron chi connectivity index (χ1n) is 8.68. The summed E-state index contributed by atoms with van der Waals surface area (Å²) in [5, 5.41) is 8.81. The molecule has 0 atom stereocenters. The number of ether oxygens (including phenoxy) is 1. The van der Waals surface area contributed by atoms with E-state index in [0.717, 1.165) is 18.3 Å². The van der Waals surface area contributed by atoms with Gasteiger partial charge < -0.3 is 9.84 Å². The number of benzene rings is 2. The Bertz CT molecular complexity index is 1290. The molecule has 0 amide bonds. The van der Waals surface area contributed by atoms with Gasteiger partial charge in [0.15, 0.2) is 0 Å². The van der Waals surface area contributed by atoms with Crippen LogP contribution in [-0.4, -0.2) is 31.6 Å². The van der Waals surface area contributed by atoms with Gasteiger partial charge in [0.05, 0.1) is 24.0 Å². The molecule has 7 nitrogen and oxygen atoms in total. The lowest BCUT2D eigenvalue weighted by Gasteiger charge is -2.16. The van der Waals surface area contributed by atoms with E-state index in [0.29, 0.717) is 0 Å². The predicted molar refractivity (Wildman–Crippen MR) is 115 cm³/mol. The molecule has 12 heteroatoms. The van der Waals surface area contributed by atoms with Gasteiger partial charge in [-0.05, 0) is 17.7 Å². The van der Waals surface area contributed by atoms with E-state index in [-0.39, 0.29) is 37.5 Å². The average molecular weight is 503 g/mol. The lowest BCUT2D eigenvalue weighted by Crippen LogP contribution is -2.25. The third-order valence-electron chi connectivity index (χ3n) is 4.35. The number of pyridine rings is 1. The second kappa shape index (κ2) is 8.89. The van der Waals surface area contributed by atoms with E-state index in [1.54, 1.807) is 0 Å². The number of nitrogens with zero attached hydrogens (tertiary/aromatic N) is 1. The molecule has 3 aromatic rings. The number of halogens is 4. The van der Waals surface area contributed by atoms with E-state index in [1.165, 1.54) is 43.6 Å². The first-order valence-corrected chi connectivity index (χ1v) is 10.9. The molecule has 0 saturated carbocycles. The van der Waals surface area contributed by atoms with Crippen molar-refractivity contribution >= 4 is 44.9 Å². The monoisotopic (exact) mass is 502 g/mol. The molecule has 0 saturated heterocycles. The summed E-state index contributed by atoms with van der Waals surface area (Å²) >= 11 is 12.3. The number of methoxy groups -OCH3 is 1. The van der Waals surface area contributed by atoms with Crippen LogP contribution in [0.3, 0.4) is 0 Å². The SMILES string of the molecule is COc1cncc(S(=O)(=O)Nc2c(Cl)cc(Cl)cc2-c2ccc(C(F)(F)C(=O)O)cc2)c1. The molecule has 0 bridgehead atoms. The van der Waals surface area contributed by atoms with Gasteiger partial charge in [-0.15, -0.1) is 0 Å². The van der Waals surface area contributed by atoms with Crippen LogP contribution in [0.2, 0.25) is 10.0 Å². The Kier molecular flexibility index (Phi) is 6.59. The Morgan fingerprint density at radius 1 is 1.12 bits per heavy atom. The van der Waals surface area contributed by atoms with Gasteiger partial charge in [0.2, 0.25) is 0 Å². The molecule has 32 heavy (non-hydrogen) atoms. The number of rotatable bonds is 7. The van der Waals surface area contributed by atoms with Crippen molar-refractivity contribution in [3.05, 3.63) is 70.5 Å². The smallest absolute Gasteiger partial charge is 0.379 e. The van der Waals surface area contributed by atoms with Crippen molar-refractivity contribution in [3.8, 4) is 16.9 Å². The fraction of sp³-hybridized carbons (Fsp3) is 0.100. The molecule has 2 N–H and O–H groups in total. The Hall–Kier alpha value is -2.95. The molecule has 0 aliphatic rings. The van der Waals surface area contributed by atoms with Crippen LogP contribution < -0.4 is 9.46 Å². The third kappa shape index (κ3) is 4.77. The van der Waals surface area contributed by atoms with Gasteiger partial charge in [-0.1, -0.05) is 47.5 Å². The summed E-state index contributed by atoms with van der Waals surface area (Å²) in [7, 11) is -2.82. The standard InChI is InChI=1S/C20H14Cl2F2N2O5S/c1-31-14-8-15(10-25-9-14)32(29,30)26-18-16(6-13(21)7-17(18)22)11-2-4-12(5-3-11)20(23,24)19(27)28/h2-10,26H,1H3,(H,27,28). The van der Waals surface area contributed by atoms with Crippen LogP contribution in [0.1, 0.15) is 5.56 Å². The number of nitrogens with one attached hydrogen (secondary N) is 1. The quantitative estimate of drug-likeness (QED) is 0.468. The number of anilines is 1. The maximum Gasteiger partial charge on any atom is 0.379 e. The minimum Gasteiger partial charge on any atom is -0.495 e. The molecule has 168 valence electrons. The number of sulfonamides is 1. The van der Waals surface area contributed by atoms with Gasteiger partial charge in [0, 0.05) is 28.4 Å². The molecule has 0 radical (unpaired) electrons. The Morgan fingerprint density at radius 3 is 2.38 bits per heavy atom. The molecule has 0 aliphatic heterocycles. The second-order valence-electron chi connectivity index (χ2n) is 6.43. The number of aliphatic carboxylic acids is 1. The molecule has 1 aromatic heterocycles. The van der Waals surface area contributed by atoms with E-state index in [1.807, 2.05) is 0 Å². The number of carbonyl (C=O) groups is 1. The largest absolute Gasteiger partial charge is 0.495 e. The third-order valence-corrected chi connectivity index (χ3v) is 6.19. The fourth-order valence-electron chi connectivity index (χ4n) is 2.74. The summed E-state index contributed by atoms with van der Waals surface area (Å²) in [5.41, 5.74) is -0.351. The van der Waals surface area contributed by atoms with Gasteiger partial charge >= 0.3 is 11.9 Å². The zero-order valence-electron chi connectivity index (χ0n) is 16.1. The van der Waals surface area contributed by atoms with Crippen LogP contribution >= 0.6 is 23.2 Å². The van der Waals surface area contributed by atoms with Gasteiger partial charge in [-0.2, -0.15) is 8.78 Å². The molecular weight excluding hydrogens is 489 g/mol. The lowest BCUT2D eigenvalue weighted by molar-refractivity contribution is -0.166. The maximum atomic E-state index is 13.7. The molecule has 1 heterocycles. The minimum atomic E-state index is -4.17. The molecule has 3 rings (SSSR count). The number of aromatic nitrogens is 1. The summed E-state index contributed by atoms with van der Waals surface area (Å²) < 4.78 is 60.6. The van der Waals surface area contributed by atoms with E-state index >= 15 is 0 Å². The van der Waals surface area contributed by atoms with Gasteiger partial charge in [0.25, 0.3) is 10.0 Å². The Labute approximate surface area is 191 Å². The van der Waals surface area contributed by atoms with Crippen molar-refractivity contribution in [2.75, 3.05) is 11.8 Å². The summed E-state index contributed by atoms with van der Waals surface area (Å²) in [6.45, 7) is 0. The van der Waals surface area contributed by atoms with Crippen molar-refractivity contribution in [2.24, 2.45) is 0 Å². The summed E-state index contributed by atoms with van der Waals surface area (Å²) in [4.78, 5) is 14.4. The van der Waals surface area contributed by atoms with Crippen LogP contribution in [0.15, 0.2) is 59.8 Å². The molecule has 0 spiro atoms. The van der Waals surface area contributed by atoms with Crippen molar-refractivity contribution in [3.63, 3.8) is 0 Å². The normalized spacial score (nSPS) is 11.8. The number of alkyl halides is 2. The summed E-state index contributed by atoms with van der Waals surface area (Å²) in [6.07, 6.45) is 2.44. The minimum absolute atomic E-state index is 0.0492. The second-order valence-corrected chi connectivity index (χ2v) is 8.96. The molecule has 2 aromatic carbocycles. The van der Waals surface area contributed by atoms with E-state index in [4.69, 9.17) is 33.0 Å². The van der Waals surface area contributed by atoms with Gasteiger partial charge in [-0.25, -0.2) is 13.2 Å². The van der Waals surface area contributed by atoms with Crippen LogP contribution in [0, 0.1) is 0 Å². The van der Waals surface area contributed by atoms with Crippen LogP contribution in [0.5, 0.6) is 5.75 Å². The first kappa shape index (κ1) is 23.7. The van der Waals surface area contributed by atoms with Gasteiger partial charge in [0.1, 0.15) is 10.6 Å². The van der Waals surface area contributed by atoms with Crippen molar-refractivity contribution in [2.45, 2.75) is 10.8 Å². The average Bonchev–Trinajstić information content (AvgIpc) is 2.75. The number of hydrogen-bond acceptors (Lipinski definition) is 5. The maximum absolute atomic E-state index is 13.7. The molecule has 0 aliphatic carbocycles. The number of carboxylic acids is 1. The fourth-order valence-corrected chi connectivity index (χ4v) is 4.41. The van der Waals surface area contributed by atoms with Crippen LogP contribution in [0.25, 0.3) is 11.1 Å². The summed E-state index contributed by atoms with van der Waals surface area (Å²) in [6, 6.07) is 8.20.